The Hall–Kier alpha value is -3.21. The van der Waals surface area contributed by atoms with E-state index in [9.17, 15) is 4.79 Å². The lowest BCUT2D eigenvalue weighted by molar-refractivity contribution is -0.122. The lowest BCUT2D eigenvalue weighted by Gasteiger charge is -2.22. The van der Waals surface area contributed by atoms with Gasteiger partial charge >= 0.3 is 0 Å². The summed E-state index contributed by atoms with van der Waals surface area (Å²) >= 11 is 0. The van der Waals surface area contributed by atoms with Gasteiger partial charge in [0.2, 0.25) is 5.91 Å². The number of hydrazone groups is 1. The van der Waals surface area contributed by atoms with Crippen LogP contribution in [-0.2, 0) is 4.79 Å². The monoisotopic (exact) mass is 316 g/mol. The lowest BCUT2D eigenvalue weighted by atomic mass is 9.89. The largest absolute Gasteiger partial charge is 0.272 e. The molecule has 5 heteroatoms. The summed E-state index contributed by atoms with van der Waals surface area (Å²) in [5.74, 6) is -0.261. The Morgan fingerprint density at radius 1 is 1.00 bits per heavy atom. The van der Waals surface area contributed by atoms with Crippen molar-refractivity contribution in [3.05, 3.63) is 84.2 Å². The van der Waals surface area contributed by atoms with Crippen LogP contribution in [0.15, 0.2) is 78.2 Å². The first-order valence-electron chi connectivity index (χ1n) is 7.83. The van der Waals surface area contributed by atoms with Crippen LogP contribution in [0.4, 0.5) is 0 Å². The number of hydrogen-bond donors (Lipinski definition) is 1. The zero-order chi connectivity index (χ0) is 16.4. The molecule has 0 saturated carbocycles. The van der Waals surface area contributed by atoms with Gasteiger partial charge in [0.05, 0.1) is 17.3 Å². The van der Waals surface area contributed by atoms with Crippen LogP contribution < -0.4 is 5.43 Å². The molecule has 4 rings (SSSR count). The summed E-state index contributed by atoms with van der Waals surface area (Å²) in [4.78, 5) is 12.2. The number of hydrogen-bond acceptors (Lipinski definition) is 3. The molecular weight excluding hydrogens is 300 g/mol. The molecule has 1 atom stereocenters. The quantitative estimate of drug-likeness (QED) is 0.807. The third-order valence-corrected chi connectivity index (χ3v) is 4.19. The van der Waals surface area contributed by atoms with Crippen molar-refractivity contribution in [3.8, 4) is 5.69 Å². The van der Waals surface area contributed by atoms with E-state index in [0.29, 0.717) is 6.42 Å². The maximum atomic E-state index is 12.2. The molecule has 0 radical (unpaired) electrons. The molecule has 0 aliphatic carbocycles. The fourth-order valence-electron chi connectivity index (χ4n) is 2.90. The van der Waals surface area contributed by atoms with E-state index in [1.165, 1.54) is 0 Å². The maximum Gasteiger partial charge on any atom is 0.248 e. The van der Waals surface area contributed by atoms with Crippen molar-refractivity contribution in [1.82, 2.24) is 15.2 Å². The molecule has 1 amide bonds. The van der Waals surface area contributed by atoms with Crippen LogP contribution in [0.2, 0.25) is 0 Å². The second-order valence-electron chi connectivity index (χ2n) is 5.70. The van der Waals surface area contributed by atoms with Gasteiger partial charge in [-0.2, -0.15) is 10.2 Å². The van der Waals surface area contributed by atoms with Crippen LogP contribution in [-0.4, -0.2) is 21.4 Å². The Morgan fingerprint density at radius 3 is 2.50 bits per heavy atom. The topological polar surface area (TPSA) is 59.3 Å². The number of carbonyl (C=O) groups is 1. The minimum Gasteiger partial charge on any atom is -0.272 e. The molecule has 2 heterocycles. The smallest absolute Gasteiger partial charge is 0.248 e. The first kappa shape index (κ1) is 14.4. The zero-order valence-electron chi connectivity index (χ0n) is 13.0. The molecule has 1 aromatic heterocycles. The molecule has 2 aromatic carbocycles. The van der Waals surface area contributed by atoms with Crippen LogP contribution in [0, 0.1) is 0 Å². The molecule has 1 aliphatic heterocycles. The number of nitrogens with zero attached hydrogens (tertiary/aromatic N) is 3. The van der Waals surface area contributed by atoms with Gasteiger partial charge in [-0.1, -0.05) is 42.5 Å². The van der Waals surface area contributed by atoms with Gasteiger partial charge in [-0.25, -0.2) is 10.1 Å². The summed E-state index contributed by atoms with van der Waals surface area (Å²) in [5, 5.41) is 8.46. The number of nitrogens with one attached hydrogen (secondary N) is 1. The summed E-state index contributed by atoms with van der Waals surface area (Å²) in [6.07, 6.45) is 4.24. The standard InChI is InChI=1S/C19H16N4O/c24-19-17(14-5-2-1-3-6-14)13-18(21-22-19)15-7-9-16(10-8-15)23-12-4-11-20-23/h1-12,17H,13H2,(H,22,24). The van der Waals surface area contributed by atoms with E-state index in [2.05, 4.69) is 15.6 Å². The Balaban J connectivity index is 1.59. The Bertz CT molecular complexity index is 867. The number of rotatable bonds is 3. The Morgan fingerprint density at radius 2 is 1.79 bits per heavy atom. The van der Waals surface area contributed by atoms with Gasteiger partial charge in [-0.3, -0.25) is 4.79 Å². The van der Waals surface area contributed by atoms with E-state index in [4.69, 9.17) is 0 Å². The molecule has 5 nitrogen and oxygen atoms in total. The van der Waals surface area contributed by atoms with Crippen molar-refractivity contribution in [1.29, 1.82) is 0 Å². The molecule has 3 aromatic rings. The van der Waals surface area contributed by atoms with Gasteiger partial charge in [0, 0.05) is 18.8 Å². The van der Waals surface area contributed by atoms with E-state index in [1.807, 2.05) is 66.9 Å². The molecule has 1 unspecified atom stereocenters. The number of carbonyl (C=O) groups excluding carboxylic acids is 1. The number of amides is 1. The van der Waals surface area contributed by atoms with Crippen molar-refractivity contribution in [2.24, 2.45) is 5.10 Å². The summed E-state index contributed by atoms with van der Waals surface area (Å²) in [7, 11) is 0. The van der Waals surface area contributed by atoms with Crippen LogP contribution in [0.25, 0.3) is 5.69 Å². The van der Waals surface area contributed by atoms with E-state index in [-0.39, 0.29) is 11.8 Å². The minimum atomic E-state index is -0.204. The van der Waals surface area contributed by atoms with Gasteiger partial charge in [0.25, 0.3) is 0 Å². The van der Waals surface area contributed by atoms with Gasteiger partial charge in [-0.05, 0) is 29.3 Å². The molecule has 1 N–H and O–H groups in total. The second-order valence-corrected chi connectivity index (χ2v) is 5.70. The molecule has 24 heavy (non-hydrogen) atoms. The number of benzene rings is 2. The second kappa shape index (κ2) is 6.12. The first-order valence-corrected chi connectivity index (χ1v) is 7.83. The third kappa shape index (κ3) is 2.72. The predicted octanol–water partition coefficient (Wildman–Crippen LogP) is 2.88. The van der Waals surface area contributed by atoms with Crippen molar-refractivity contribution in [2.75, 3.05) is 0 Å². The van der Waals surface area contributed by atoms with Crippen molar-refractivity contribution in [3.63, 3.8) is 0 Å². The average molecular weight is 316 g/mol. The third-order valence-electron chi connectivity index (χ3n) is 4.19. The highest BCUT2D eigenvalue weighted by molar-refractivity contribution is 6.06. The summed E-state index contributed by atoms with van der Waals surface area (Å²) in [5.41, 5.74) is 6.54. The Labute approximate surface area is 139 Å². The minimum absolute atomic E-state index is 0.0573. The highest BCUT2D eigenvalue weighted by Gasteiger charge is 2.26. The number of aromatic nitrogens is 2. The van der Waals surface area contributed by atoms with Crippen LogP contribution in [0.1, 0.15) is 23.5 Å². The van der Waals surface area contributed by atoms with E-state index >= 15 is 0 Å². The van der Waals surface area contributed by atoms with Gasteiger partial charge in [0.15, 0.2) is 0 Å². The van der Waals surface area contributed by atoms with Crippen molar-refractivity contribution >= 4 is 11.6 Å². The lowest BCUT2D eigenvalue weighted by Crippen LogP contribution is -2.33. The van der Waals surface area contributed by atoms with Crippen molar-refractivity contribution < 1.29 is 4.79 Å². The fourth-order valence-corrected chi connectivity index (χ4v) is 2.90. The van der Waals surface area contributed by atoms with Gasteiger partial charge < -0.3 is 0 Å². The highest BCUT2D eigenvalue weighted by Crippen LogP contribution is 2.25. The molecule has 1 aliphatic rings. The highest BCUT2D eigenvalue weighted by atomic mass is 16.2. The molecule has 118 valence electrons. The molecular formula is C19H16N4O. The summed E-state index contributed by atoms with van der Waals surface area (Å²) < 4.78 is 1.81. The fraction of sp³-hybridized carbons (Fsp3) is 0.105. The van der Waals surface area contributed by atoms with Gasteiger partial charge in [0.1, 0.15) is 0 Å². The maximum absolute atomic E-state index is 12.2. The van der Waals surface area contributed by atoms with E-state index < -0.39 is 0 Å². The molecule has 0 fully saturated rings. The van der Waals surface area contributed by atoms with Crippen LogP contribution >= 0.6 is 0 Å². The predicted molar refractivity (Wildman–Crippen MR) is 92.0 cm³/mol. The molecule has 0 bridgehead atoms. The molecule has 0 spiro atoms. The van der Waals surface area contributed by atoms with Crippen molar-refractivity contribution in [2.45, 2.75) is 12.3 Å². The first-order chi connectivity index (χ1) is 11.8. The summed E-state index contributed by atoms with van der Waals surface area (Å²) in [6.45, 7) is 0. The van der Waals surface area contributed by atoms with Gasteiger partial charge in [-0.15, -0.1) is 0 Å². The average Bonchev–Trinajstić information content (AvgIpc) is 3.18. The molecule has 0 saturated heterocycles. The van der Waals surface area contributed by atoms with E-state index in [1.54, 1.807) is 10.9 Å². The normalized spacial score (nSPS) is 17.2. The summed E-state index contributed by atoms with van der Waals surface area (Å²) in [6, 6.07) is 19.7. The SMILES string of the molecule is O=C1NN=C(c2ccc(-n3cccn3)cc2)CC1c1ccccc1. The zero-order valence-corrected chi connectivity index (χ0v) is 13.0. The van der Waals surface area contributed by atoms with Crippen LogP contribution in [0.3, 0.4) is 0 Å². The van der Waals surface area contributed by atoms with Crippen LogP contribution in [0.5, 0.6) is 0 Å². The Kier molecular flexibility index (Phi) is 3.67. The van der Waals surface area contributed by atoms with E-state index in [0.717, 1.165) is 22.5 Å².